The SMILES string of the molecule is CCCC1C(CC)CC(C)C2C(C3CCCCC3)CCCC12. The minimum Gasteiger partial charge on any atom is -0.0654 e. The molecule has 0 aliphatic heterocycles. The van der Waals surface area contributed by atoms with Crippen molar-refractivity contribution in [2.24, 2.45) is 41.4 Å². The van der Waals surface area contributed by atoms with Gasteiger partial charge in [-0.25, -0.2) is 0 Å². The van der Waals surface area contributed by atoms with E-state index < -0.39 is 0 Å². The fourth-order valence-corrected chi connectivity index (χ4v) is 7.16. The second-order valence-corrected chi connectivity index (χ2v) is 9.07. The van der Waals surface area contributed by atoms with Crippen LogP contribution >= 0.6 is 0 Å². The maximum Gasteiger partial charge on any atom is -0.0326 e. The van der Waals surface area contributed by atoms with E-state index >= 15 is 0 Å². The van der Waals surface area contributed by atoms with E-state index in [9.17, 15) is 0 Å². The molecule has 0 nitrogen and oxygen atoms in total. The average molecular weight is 305 g/mol. The third-order valence-corrected chi connectivity index (χ3v) is 7.95. The molecule has 128 valence electrons. The fraction of sp³-hybridized carbons (Fsp3) is 1.00. The Morgan fingerprint density at radius 1 is 0.818 bits per heavy atom. The highest BCUT2D eigenvalue weighted by Crippen LogP contribution is 2.56. The molecule has 3 aliphatic carbocycles. The molecule has 6 atom stereocenters. The van der Waals surface area contributed by atoms with Crippen molar-refractivity contribution in [3.8, 4) is 0 Å². The first-order valence-electron chi connectivity index (χ1n) is 10.8. The number of hydrogen-bond donors (Lipinski definition) is 0. The second kappa shape index (κ2) is 7.71. The molecule has 3 rings (SSSR count). The highest BCUT2D eigenvalue weighted by molar-refractivity contribution is 4.97. The Bertz CT molecular complexity index is 327. The average Bonchev–Trinajstić information content (AvgIpc) is 2.57. The third kappa shape index (κ3) is 3.27. The van der Waals surface area contributed by atoms with Crippen molar-refractivity contribution in [2.75, 3.05) is 0 Å². The molecular weight excluding hydrogens is 264 g/mol. The molecule has 0 radical (unpaired) electrons. The van der Waals surface area contributed by atoms with E-state index in [1.807, 2.05) is 0 Å². The van der Waals surface area contributed by atoms with Crippen LogP contribution in [0.2, 0.25) is 0 Å². The smallest absolute Gasteiger partial charge is 0.0326 e. The standard InChI is InChI=1S/C22H40/c1-4-10-19-17(5-2)15-16(3)22-20(13-9-14-21(19)22)18-11-7-6-8-12-18/h16-22H,4-15H2,1-3H3. The van der Waals surface area contributed by atoms with Gasteiger partial charge in [-0.05, 0) is 60.7 Å². The van der Waals surface area contributed by atoms with Gasteiger partial charge in [0.05, 0.1) is 0 Å². The van der Waals surface area contributed by atoms with Crippen LogP contribution in [0.15, 0.2) is 0 Å². The van der Waals surface area contributed by atoms with Crippen molar-refractivity contribution in [2.45, 2.75) is 97.8 Å². The largest absolute Gasteiger partial charge is 0.0654 e. The summed E-state index contributed by atoms with van der Waals surface area (Å²) in [4.78, 5) is 0. The van der Waals surface area contributed by atoms with E-state index in [2.05, 4.69) is 20.8 Å². The van der Waals surface area contributed by atoms with Crippen LogP contribution in [0.5, 0.6) is 0 Å². The maximum atomic E-state index is 2.63. The Morgan fingerprint density at radius 2 is 1.55 bits per heavy atom. The van der Waals surface area contributed by atoms with Gasteiger partial charge in [0.2, 0.25) is 0 Å². The first-order valence-corrected chi connectivity index (χ1v) is 10.8. The van der Waals surface area contributed by atoms with Crippen molar-refractivity contribution >= 4 is 0 Å². The Balaban J connectivity index is 1.78. The van der Waals surface area contributed by atoms with Crippen LogP contribution in [0.25, 0.3) is 0 Å². The lowest BCUT2D eigenvalue weighted by Crippen LogP contribution is -2.46. The molecule has 0 aromatic carbocycles. The minimum absolute atomic E-state index is 1.01. The summed E-state index contributed by atoms with van der Waals surface area (Å²) in [5, 5.41) is 0. The predicted octanol–water partition coefficient (Wildman–Crippen LogP) is 7.08. The van der Waals surface area contributed by atoms with Gasteiger partial charge < -0.3 is 0 Å². The number of rotatable bonds is 4. The van der Waals surface area contributed by atoms with Crippen molar-refractivity contribution < 1.29 is 0 Å². The lowest BCUT2D eigenvalue weighted by Gasteiger charge is -2.54. The molecule has 0 saturated heterocycles. The highest BCUT2D eigenvalue weighted by Gasteiger charge is 2.48. The molecule has 3 aliphatic rings. The molecule has 0 bridgehead atoms. The van der Waals surface area contributed by atoms with Gasteiger partial charge in [-0.15, -0.1) is 0 Å². The summed E-state index contributed by atoms with van der Waals surface area (Å²) in [6, 6.07) is 0. The van der Waals surface area contributed by atoms with Crippen molar-refractivity contribution in [1.82, 2.24) is 0 Å². The van der Waals surface area contributed by atoms with E-state index in [0.717, 1.165) is 41.4 Å². The van der Waals surface area contributed by atoms with Crippen LogP contribution in [0.3, 0.4) is 0 Å². The van der Waals surface area contributed by atoms with E-state index in [0.29, 0.717) is 0 Å². The zero-order valence-electron chi connectivity index (χ0n) is 15.5. The summed E-state index contributed by atoms with van der Waals surface area (Å²) < 4.78 is 0. The Kier molecular flexibility index (Phi) is 5.91. The lowest BCUT2D eigenvalue weighted by molar-refractivity contribution is -0.0496. The maximum absolute atomic E-state index is 2.63. The molecule has 0 N–H and O–H groups in total. The first-order chi connectivity index (χ1) is 10.8. The van der Waals surface area contributed by atoms with E-state index in [1.54, 1.807) is 38.5 Å². The molecule has 3 saturated carbocycles. The summed E-state index contributed by atoms with van der Waals surface area (Å²) >= 11 is 0. The van der Waals surface area contributed by atoms with Gasteiger partial charge in [0.25, 0.3) is 0 Å². The fourth-order valence-electron chi connectivity index (χ4n) is 7.16. The molecule has 0 aromatic rings. The van der Waals surface area contributed by atoms with E-state index in [-0.39, 0.29) is 0 Å². The summed E-state index contributed by atoms with van der Waals surface area (Å²) in [7, 11) is 0. The molecule has 0 spiro atoms. The van der Waals surface area contributed by atoms with Gasteiger partial charge >= 0.3 is 0 Å². The molecule has 0 amide bonds. The molecule has 22 heavy (non-hydrogen) atoms. The van der Waals surface area contributed by atoms with Crippen LogP contribution in [0, 0.1) is 41.4 Å². The molecule has 3 fully saturated rings. The Morgan fingerprint density at radius 3 is 2.23 bits per heavy atom. The highest BCUT2D eigenvalue weighted by atomic mass is 14.5. The van der Waals surface area contributed by atoms with Crippen molar-refractivity contribution in [3.05, 3.63) is 0 Å². The van der Waals surface area contributed by atoms with Gasteiger partial charge in [0.15, 0.2) is 0 Å². The molecule has 6 unspecified atom stereocenters. The van der Waals surface area contributed by atoms with Gasteiger partial charge in [0, 0.05) is 0 Å². The van der Waals surface area contributed by atoms with Crippen LogP contribution in [-0.2, 0) is 0 Å². The zero-order valence-corrected chi connectivity index (χ0v) is 15.5. The van der Waals surface area contributed by atoms with Crippen molar-refractivity contribution in [1.29, 1.82) is 0 Å². The quantitative estimate of drug-likeness (QED) is 0.520. The topological polar surface area (TPSA) is 0 Å². The predicted molar refractivity (Wildman–Crippen MR) is 96.9 cm³/mol. The monoisotopic (exact) mass is 304 g/mol. The van der Waals surface area contributed by atoms with E-state index in [4.69, 9.17) is 0 Å². The second-order valence-electron chi connectivity index (χ2n) is 9.07. The zero-order chi connectivity index (χ0) is 15.5. The number of hydrogen-bond acceptors (Lipinski definition) is 0. The summed E-state index contributed by atoms with van der Waals surface area (Å²) in [6.07, 6.45) is 18.3. The van der Waals surface area contributed by atoms with Gasteiger partial charge in [-0.1, -0.05) is 78.6 Å². The first kappa shape index (κ1) is 16.8. The van der Waals surface area contributed by atoms with E-state index in [1.165, 1.54) is 38.5 Å². The Labute approximate surface area is 139 Å². The third-order valence-electron chi connectivity index (χ3n) is 7.95. The van der Waals surface area contributed by atoms with Crippen LogP contribution in [-0.4, -0.2) is 0 Å². The van der Waals surface area contributed by atoms with Crippen LogP contribution in [0.1, 0.15) is 97.8 Å². The molecule has 0 heterocycles. The van der Waals surface area contributed by atoms with Gasteiger partial charge in [0.1, 0.15) is 0 Å². The molecule has 0 heteroatoms. The van der Waals surface area contributed by atoms with Gasteiger partial charge in [-0.3, -0.25) is 0 Å². The normalized spacial score (nSPS) is 43.8. The summed E-state index contributed by atoms with van der Waals surface area (Å²) in [5.74, 6) is 7.51. The van der Waals surface area contributed by atoms with Crippen LogP contribution in [0.4, 0.5) is 0 Å². The minimum atomic E-state index is 1.01. The molecule has 0 aromatic heterocycles. The van der Waals surface area contributed by atoms with Gasteiger partial charge in [-0.2, -0.15) is 0 Å². The van der Waals surface area contributed by atoms with Crippen molar-refractivity contribution in [3.63, 3.8) is 0 Å². The number of fused-ring (bicyclic) bond motifs is 1. The summed E-state index contributed by atoms with van der Waals surface area (Å²) in [5.41, 5.74) is 0. The van der Waals surface area contributed by atoms with Crippen LogP contribution < -0.4 is 0 Å². The lowest BCUT2D eigenvalue weighted by atomic mass is 9.51. The summed E-state index contributed by atoms with van der Waals surface area (Å²) in [6.45, 7) is 7.51. The Hall–Kier alpha value is 0. The molecular formula is C22H40.